The van der Waals surface area contributed by atoms with Crippen LogP contribution in [0.2, 0.25) is 5.54 Å². The Bertz CT molecular complexity index is 94.6. The van der Waals surface area contributed by atoms with E-state index in [0.717, 1.165) is 0 Å². The molecule has 0 aromatic carbocycles. The quantitative estimate of drug-likeness (QED) is 0.373. The van der Waals surface area contributed by atoms with E-state index in [2.05, 4.69) is 12.2 Å². The number of hydrogen-bond donors (Lipinski definition) is 0. The van der Waals surface area contributed by atoms with Crippen LogP contribution in [0.15, 0.2) is 24.3 Å². The van der Waals surface area contributed by atoms with Gasteiger partial charge in [0.05, 0.1) is 0 Å². The van der Waals surface area contributed by atoms with Gasteiger partial charge < -0.3 is 0 Å². The van der Waals surface area contributed by atoms with Gasteiger partial charge in [0.15, 0.2) is 8.83 Å². The van der Waals surface area contributed by atoms with Crippen molar-refractivity contribution in [3.63, 3.8) is 0 Å². The molecule has 2 radical (unpaired) electrons. The van der Waals surface area contributed by atoms with Gasteiger partial charge in [-0.05, 0) is 0 Å². The summed E-state index contributed by atoms with van der Waals surface area (Å²) in [7, 11) is 0.510. The van der Waals surface area contributed by atoms with Crippen LogP contribution in [0.5, 0.6) is 0 Å². The van der Waals surface area contributed by atoms with Gasteiger partial charge in [-0.2, -0.15) is 11.1 Å². The van der Waals surface area contributed by atoms with Crippen molar-refractivity contribution in [2.24, 2.45) is 0 Å². The second-order valence-corrected chi connectivity index (χ2v) is 2.94. The lowest BCUT2D eigenvalue weighted by Crippen LogP contribution is -1.83. The predicted octanol–water partition coefficient (Wildman–Crippen LogP) is 1.76. The SMILES string of the molecule is Cl[Si]C1C=CC=C1. The van der Waals surface area contributed by atoms with Crippen LogP contribution in [0.3, 0.4) is 0 Å². The number of rotatable bonds is 1. The molecule has 0 aliphatic heterocycles. The van der Waals surface area contributed by atoms with Crippen LogP contribution in [0.4, 0.5) is 0 Å². The minimum atomic E-state index is 0.510. The first-order valence-corrected chi connectivity index (χ1v) is 4.23. The molecule has 0 amide bonds. The Kier molecular flexibility index (Phi) is 1.71. The summed E-state index contributed by atoms with van der Waals surface area (Å²) in [5, 5.41) is 0. The molecule has 0 fully saturated rings. The minimum absolute atomic E-state index is 0.510. The molecule has 0 saturated heterocycles. The molecule has 1 rings (SSSR count). The summed E-state index contributed by atoms with van der Waals surface area (Å²) < 4.78 is 0. The monoisotopic (exact) mass is 128 g/mol. The highest BCUT2D eigenvalue weighted by Crippen LogP contribution is 2.13. The third-order valence-corrected chi connectivity index (χ3v) is 2.27. The van der Waals surface area contributed by atoms with E-state index in [0.29, 0.717) is 14.4 Å². The van der Waals surface area contributed by atoms with Crippen molar-refractivity contribution in [1.82, 2.24) is 0 Å². The molecule has 1 aliphatic rings. The Morgan fingerprint density at radius 2 is 1.86 bits per heavy atom. The zero-order valence-corrected chi connectivity index (χ0v) is 5.52. The highest BCUT2D eigenvalue weighted by Gasteiger charge is 2.00. The van der Waals surface area contributed by atoms with Crippen molar-refractivity contribution in [3.8, 4) is 0 Å². The van der Waals surface area contributed by atoms with Gasteiger partial charge in [-0.3, -0.25) is 0 Å². The van der Waals surface area contributed by atoms with E-state index >= 15 is 0 Å². The molecule has 0 nitrogen and oxygen atoms in total. The highest BCUT2D eigenvalue weighted by atomic mass is 35.6. The predicted molar refractivity (Wildman–Crippen MR) is 33.6 cm³/mol. The van der Waals surface area contributed by atoms with Gasteiger partial charge in [-0.1, -0.05) is 24.3 Å². The summed E-state index contributed by atoms with van der Waals surface area (Å²) in [5.74, 6) is 0. The van der Waals surface area contributed by atoms with Gasteiger partial charge in [0.25, 0.3) is 0 Å². The summed E-state index contributed by atoms with van der Waals surface area (Å²) in [6.45, 7) is 0. The van der Waals surface area contributed by atoms with Crippen LogP contribution >= 0.6 is 11.1 Å². The maximum Gasteiger partial charge on any atom is 0.183 e. The van der Waals surface area contributed by atoms with Crippen molar-refractivity contribution in [2.75, 3.05) is 0 Å². The van der Waals surface area contributed by atoms with Crippen LogP contribution in [0, 0.1) is 0 Å². The van der Waals surface area contributed by atoms with Crippen molar-refractivity contribution in [3.05, 3.63) is 24.3 Å². The molecule has 0 atom stereocenters. The second-order valence-electron chi connectivity index (χ2n) is 1.40. The lowest BCUT2D eigenvalue weighted by molar-refractivity contribution is 1.42. The third-order valence-electron chi connectivity index (χ3n) is 0.874. The zero-order valence-electron chi connectivity index (χ0n) is 3.76. The minimum Gasteiger partial charge on any atom is -0.170 e. The fraction of sp³-hybridized carbons (Fsp3) is 0.200. The molecule has 0 bridgehead atoms. The van der Waals surface area contributed by atoms with Crippen LogP contribution in [0.1, 0.15) is 0 Å². The van der Waals surface area contributed by atoms with E-state index in [9.17, 15) is 0 Å². The number of hydrogen-bond acceptors (Lipinski definition) is 0. The third kappa shape index (κ3) is 1.18. The molecule has 0 saturated carbocycles. The molecule has 7 heavy (non-hydrogen) atoms. The molecule has 0 heterocycles. The standard InChI is InChI=1S/C5H5ClSi/c6-7-5-3-1-2-4-5/h1-5H. The maximum atomic E-state index is 5.53. The van der Waals surface area contributed by atoms with Gasteiger partial charge in [-0.15, -0.1) is 0 Å². The van der Waals surface area contributed by atoms with Gasteiger partial charge in [0, 0.05) is 5.54 Å². The summed E-state index contributed by atoms with van der Waals surface area (Å²) in [6.07, 6.45) is 8.26. The summed E-state index contributed by atoms with van der Waals surface area (Å²) in [6, 6.07) is 0. The Balaban J connectivity index is 2.44. The second kappa shape index (κ2) is 2.33. The normalized spacial score (nSPS) is 19.0. The smallest absolute Gasteiger partial charge is 0.170 e. The maximum absolute atomic E-state index is 5.53. The first kappa shape index (κ1) is 5.13. The summed E-state index contributed by atoms with van der Waals surface area (Å²) in [5.41, 5.74) is 0.529. The number of halogens is 1. The highest BCUT2D eigenvalue weighted by molar-refractivity contribution is 6.95. The Morgan fingerprint density at radius 1 is 1.29 bits per heavy atom. The van der Waals surface area contributed by atoms with Gasteiger partial charge in [0.2, 0.25) is 0 Å². The first-order chi connectivity index (χ1) is 3.43. The van der Waals surface area contributed by atoms with Gasteiger partial charge >= 0.3 is 0 Å². The van der Waals surface area contributed by atoms with Crippen LogP contribution < -0.4 is 0 Å². The molecule has 36 valence electrons. The largest absolute Gasteiger partial charge is 0.183 e. The average Bonchev–Trinajstić information content (AvgIpc) is 2.14. The molecule has 1 aliphatic carbocycles. The molecule has 0 aromatic rings. The lowest BCUT2D eigenvalue weighted by Gasteiger charge is -1.89. The molecular formula is C5H5ClSi. The van der Waals surface area contributed by atoms with Crippen molar-refractivity contribution >= 4 is 19.9 Å². The van der Waals surface area contributed by atoms with E-state index in [1.165, 1.54) is 0 Å². The molecule has 2 heteroatoms. The molecule has 0 N–H and O–H groups in total. The van der Waals surface area contributed by atoms with Gasteiger partial charge in [0.1, 0.15) is 0 Å². The zero-order chi connectivity index (χ0) is 5.11. The number of allylic oxidation sites excluding steroid dienone is 4. The fourth-order valence-electron chi connectivity index (χ4n) is 0.505. The topological polar surface area (TPSA) is 0 Å². The van der Waals surface area contributed by atoms with Crippen LogP contribution in [-0.4, -0.2) is 8.83 Å². The van der Waals surface area contributed by atoms with E-state index in [1.807, 2.05) is 12.2 Å². The summed E-state index contributed by atoms with van der Waals surface area (Å²) in [4.78, 5) is 0. The lowest BCUT2D eigenvalue weighted by atomic mass is 10.5. The summed E-state index contributed by atoms with van der Waals surface area (Å²) >= 11 is 5.53. The Hall–Kier alpha value is -0.0131. The van der Waals surface area contributed by atoms with Crippen molar-refractivity contribution in [2.45, 2.75) is 5.54 Å². The molecule has 0 unspecified atom stereocenters. The van der Waals surface area contributed by atoms with E-state index in [4.69, 9.17) is 11.1 Å². The Morgan fingerprint density at radius 3 is 2.14 bits per heavy atom. The van der Waals surface area contributed by atoms with E-state index in [-0.39, 0.29) is 0 Å². The van der Waals surface area contributed by atoms with Gasteiger partial charge in [-0.25, -0.2) is 0 Å². The fourth-order valence-corrected chi connectivity index (χ4v) is 1.31. The van der Waals surface area contributed by atoms with Crippen molar-refractivity contribution < 1.29 is 0 Å². The van der Waals surface area contributed by atoms with E-state index in [1.54, 1.807) is 0 Å². The molecule has 0 aromatic heterocycles. The Labute approximate surface area is 50.4 Å². The van der Waals surface area contributed by atoms with E-state index < -0.39 is 0 Å². The average molecular weight is 129 g/mol. The van der Waals surface area contributed by atoms with Crippen LogP contribution in [-0.2, 0) is 0 Å². The van der Waals surface area contributed by atoms with Crippen LogP contribution in [0.25, 0.3) is 0 Å². The molecule has 0 spiro atoms. The van der Waals surface area contributed by atoms with Crippen molar-refractivity contribution in [1.29, 1.82) is 0 Å². The molecular weight excluding hydrogens is 124 g/mol. The first-order valence-electron chi connectivity index (χ1n) is 2.14.